The molecule has 0 N–H and O–H groups in total. The molecule has 0 aromatic rings. The summed E-state index contributed by atoms with van der Waals surface area (Å²) in [5, 5.41) is 8.83. The van der Waals surface area contributed by atoms with Crippen LogP contribution in [-0.4, -0.2) is 30.2 Å². The molecule has 0 amide bonds. The SMILES string of the molecule is CC(C)N(CCCCC(C)(C)C#N)CC(F)(F)F. The summed E-state index contributed by atoms with van der Waals surface area (Å²) in [4.78, 5) is 1.43. The molecule has 0 rings (SSSR count). The molecule has 0 radical (unpaired) electrons. The summed E-state index contributed by atoms with van der Waals surface area (Å²) in [6.07, 6.45) is -1.95. The molecule has 0 saturated heterocycles. The second-order valence-electron chi connectivity index (χ2n) is 5.63. The molecular formula is C13H23F3N2. The Labute approximate surface area is 108 Å². The summed E-state index contributed by atoms with van der Waals surface area (Å²) in [7, 11) is 0. The van der Waals surface area contributed by atoms with Gasteiger partial charge in [-0.3, -0.25) is 4.90 Å². The van der Waals surface area contributed by atoms with Gasteiger partial charge >= 0.3 is 6.18 Å². The Morgan fingerprint density at radius 3 is 2.11 bits per heavy atom. The highest BCUT2D eigenvalue weighted by Crippen LogP contribution is 2.23. The number of nitriles is 1. The fourth-order valence-electron chi connectivity index (χ4n) is 1.69. The lowest BCUT2D eigenvalue weighted by Gasteiger charge is -2.27. The highest BCUT2D eigenvalue weighted by Gasteiger charge is 2.31. The molecular weight excluding hydrogens is 241 g/mol. The van der Waals surface area contributed by atoms with E-state index in [0.29, 0.717) is 13.0 Å². The van der Waals surface area contributed by atoms with Crippen molar-refractivity contribution in [2.24, 2.45) is 5.41 Å². The molecule has 2 nitrogen and oxygen atoms in total. The van der Waals surface area contributed by atoms with Gasteiger partial charge in [-0.1, -0.05) is 6.42 Å². The Bertz CT molecular complexity index is 277. The van der Waals surface area contributed by atoms with E-state index in [9.17, 15) is 13.2 Å². The van der Waals surface area contributed by atoms with Gasteiger partial charge in [0, 0.05) is 6.04 Å². The van der Waals surface area contributed by atoms with Crippen molar-refractivity contribution in [3.05, 3.63) is 0 Å². The molecule has 0 aliphatic rings. The lowest BCUT2D eigenvalue weighted by molar-refractivity contribution is -0.149. The average molecular weight is 264 g/mol. The van der Waals surface area contributed by atoms with Crippen LogP contribution in [0.4, 0.5) is 13.2 Å². The second kappa shape index (κ2) is 6.98. The molecule has 106 valence electrons. The molecule has 5 heteroatoms. The van der Waals surface area contributed by atoms with E-state index in [2.05, 4.69) is 6.07 Å². The minimum atomic E-state index is -4.14. The van der Waals surface area contributed by atoms with Gasteiger partial charge in [0.2, 0.25) is 0 Å². The summed E-state index contributed by atoms with van der Waals surface area (Å²) in [6, 6.07) is 2.08. The molecule has 0 bridgehead atoms. The van der Waals surface area contributed by atoms with Gasteiger partial charge in [-0.15, -0.1) is 0 Å². The Kier molecular flexibility index (Phi) is 6.69. The maximum absolute atomic E-state index is 12.3. The van der Waals surface area contributed by atoms with Gasteiger partial charge in [-0.25, -0.2) is 0 Å². The van der Waals surface area contributed by atoms with Crippen LogP contribution in [0.25, 0.3) is 0 Å². The Morgan fingerprint density at radius 2 is 1.72 bits per heavy atom. The topological polar surface area (TPSA) is 27.0 Å². The van der Waals surface area contributed by atoms with Crippen LogP contribution in [0.5, 0.6) is 0 Å². The van der Waals surface area contributed by atoms with Crippen molar-refractivity contribution in [1.29, 1.82) is 5.26 Å². The summed E-state index contributed by atoms with van der Waals surface area (Å²) in [5.74, 6) is 0. The molecule has 0 aliphatic carbocycles. The third-order valence-electron chi connectivity index (χ3n) is 2.91. The zero-order valence-electron chi connectivity index (χ0n) is 11.6. The van der Waals surface area contributed by atoms with Crippen molar-refractivity contribution in [1.82, 2.24) is 4.90 Å². The van der Waals surface area contributed by atoms with E-state index in [0.717, 1.165) is 12.8 Å². The highest BCUT2D eigenvalue weighted by molar-refractivity contribution is 4.91. The quantitative estimate of drug-likeness (QED) is 0.650. The van der Waals surface area contributed by atoms with Gasteiger partial charge in [0.15, 0.2) is 0 Å². The minimum absolute atomic E-state index is 0.115. The number of hydrogen-bond acceptors (Lipinski definition) is 2. The highest BCUT2D eigenvalue weighted by atomic mass is 19.4. The molecule has 0 spiro atoms. The predicted octanol–water partition coefficient (Wildman–Crippen LogP) is 3.98. The van der Waals surface area contributed by atoms with Crippen LogP contribution in [0.15, 0.2) is 0 Å². The van der Waals surface area contributed by atoms with E-state index in [4.69, 9.17) is 5.26 Å². The molecule has 0 aromatic heterocycles. The van der Waals surface area contributed by atoms with Crippen LogP contribution < -0.4 is 0 Å². The first-order valence-electron chi connectivity index (χ1n) is 6.29. The van der Waals surface area contributed by atoms with Crippen LogP contribution in [0.3, 0.4) is 0 Å². The van der Waals surface area contributed by atoms with E-state index < -0.39 is 12.7 Å². The van der Waals surface area contributed by atoms with Gasteiger partial charge in [0.05, 0.1) is 18.0 Å². The van der Waals surface area contributed by atoms with Crippen molar-refractivity contribution in [3.63, 3.8) is 0 Å². The van der Waals surface area contributed by atoms with Gasteiger partial charge in [-0.05, 0) is 47.1 Å². The van der Waals surface area contributed by atoms with E-state index in [1.165, 1.54) is 4.90 Å². The number of alkyl halides is 3. The Morgan fingerprint density at radius 1 is 1.17 bits per heavy atom. The number of hydrogen-bond donors (Lipinski definition) is 0. The smallest absolute Gasteiger partial charge is 0.293 e. The zero-order chi connectivity index (χ0) is 14.4. The van der Waals surface area contributed by atoms with E-state index >= 15 is 0 Å². The van der Waals surface area contributed by atoms with Crippen molar-refractivity contribution in [2.45, 2.75) is 59.2 Å². The van der Waals surface area contributed by atoms with Crippen molar-refractivity contribution in [2.75, 3.05) is 13.1 Å². The molecule has 0 aromatic carbocycles. The molecule has 18 heavy (non-hydrogen) atoms. The van der Waals surface area contributed by atoms with Crippen LogP contribution >= 0.6 is 0 Å². The maximum Gasteiger partial charge on any atom is 0.401 e. The van der Waals surface area contributed by atoms with Crippen LogP contribution in [0.1, 0.15) is 47.0 Å². The van der Waals surface area contributed by atoms with Gasteiger partial charge in [-0.2, -0.15) is 18.4 Å². The fourth-order valence-corrected chi connectivity index (χ4v) is 1.69. The summed E-state index contributed by atoms with van der Waals surface area (Å²) >= 11 is 0. The van der Waals surface area contributed by atoms with E-state index in [-0.39, 0.29) is 11.5 Å². The summed E-state index contributed by atoms with van der Waals surface area (Å²) < 4.78 is 37.0. The molecule has 0 atom stereocenters. The Hall–Kier alpha value is -0.760. The average Bonchev–Trinajstić information content (AvgIpc) is 2.20. The number of unbranched alkanes of at least 4 members (excludes halogenated alkanes) is 1. The minimum Gasteiger partial charge on any atom is -0.293 e. The predicted molar refractivity (Wildman–Crippen MR) is 66.0 cm³/mol. The zero-order valence-corrected chi connectivity index (χ0v) is 11.6. The third kappa shape index (κ3) is 8.35. The van der Waals surface area contributed by atoms with E-state index in [1.54, 1.807) is 13.8 Å². The van der Waals surface area contributed by atoms with Crippen LogP contribution in [0.2, 0.25) is 0 Å². The largest absolute Gasteiger partial charge is 0.401 e. The first-order chi connectivity index (χ1) is 8.07. The number of nitrogens with zero attached hydrogens (tertiary/aromatic N) is 2. The first-order valence-corrected chi connectivity index (χ1v) is 6.29. The monoisotopic (exact) mass is 264 g/mol. The standard InChI is InChI=1S/C13H23F3N2/c1-11(2)18(10-13(14,15)16)8-6-5-7-12(3,4)9-17/h11H,5-8,10H2,1-4H3. The second-order valence-corrected chi connectivity index (χ2v) is 5.63. The molecule has 0 saturated carbocycles. The first kappa shape index (κ1) is 17.2. The van der Waals surface area contributed by atoms with Crippen molar-refractivity contribution < 1.29 is 13.2 Å². The lowest BCUT2D eigenvalue weighted by Crippen LogP contribution is -2.39. The van der Waals surface area contributed by atoms with Gasteiger partial charge in [0.1, 0.15) is 0 Å². The van der Waals surface area contributed by atoms with Gasteiger partial charge in [0.25, 0.3) is 0 Å². The van der Waals surface area contributed by atoms with Crippen molar-refractivity contribution in [3.8, 4) is 6.07 Å². The van der Waals surface area contributed by atoms with E-state index in [1.807, 2.05) is 13.8 Å². The fraction of sp³-hybridized carbons (Fsp3) is 0.923. The normalized spacial score (nSPS) is 13.1. The number of halogens is 3. The molecule has 0 aliphatic heterocycles. The maximum atomic E-state index is 12.3. The molecule has 0 heterocycles. The Balaban J connectivity index is 4.04. The third-order valence-corrected chi connectivity index (χ3v) is 2.91. The molecule has 0 fully saturated rings. The number of rotatable bonds is 7. The van der Waals surface area contributed by atoms with Crippen LogP contribution in [0, 0.1) is 16.7 Å². The van der Waals surface area contributed by atoms with Crippen LogP contribution in [-0.2, 0) is 0 Å². The van der Waals surface area contributed by atoms with Gasteiger partial charge < -0.3 is 0 Å². The lowest BCUT2D eigenvalue weighted by atomic mass is 9.89. The van der Waals surface area contributed by atoms with Crippen molar-refractivity contribution >= 4 is 0 Å². The summed E-state index contributed by atoms with van der Waals surface area (Å²) in [6.45, 7) is 6.81. The molecule has 0 unspecified atom stereocenters. The summed E-state index contributed by atoms with van der Waals surface area (Å²) in [5.41, 5.74) is -0.382.